The lowest BCUT2D eigenvalue weighted by molar-refractivity contribution is -0.189. The summed E-state index contributed by atoms with van der Waals surface area (Å²) in [5, 5.41) is 11.8. The number of benzene rings is 1. The van der Waals surface area contributed by atoms with Gasteiger partial charge in [-0.2, -0.15) is 0 Å². The summed E-state index contributed by atoms with van der Waals surface area (Å²) in [4.78, 5) is 40.2. The summed E-state index contributed by atoms with van der Waals surface area (Å²) in [5.41, 5.74) is -4.11. The highest BCUT2D eigenvalue weighted by Crippen LogP contribution is 2.60. The number of hydrogen-bond donors (Lipinski definition) is 1. The number of rotatable bonds is 1. The summed E-state index contributed by atoms with van der Waals surface area (Å²) in [6, 6.07) is 8.76. The van der Waals surface area contributed by atoms with Crippen LogP contribution in [0, 0.1) is 10.8 Å². The first-order chi connectivity index (χ1) is 12.9. The van der Waals surface area contributed by atoms with E-state index in [9.17, 15) is 19.5 Å². The van der Waals surface area contributed by atoms with Crippen LogP contribution < -0.4 is 0 Å². The van der Waals surface area contributed by atoms with Crippen molar-refractivity contribution in [2.75, 3.05) is 0 Å². The number of aliphatic hydroxyl groups is 1. The van der Waals surface area contributed by atoms with Crippen molar-refractivity contribution in [3.8, 4) is 0 Å². The number of allylic oxidation sites excluding steroid dienone is 1. The molecule has 0 unspecified atom stereocenters. The van der Waals surface area contributed by atoms with Gasteiger partial charge in [-0.25, -0.2) is 4.79 Å². The highest BCUT2D eigenvalue weighted by atomic mass is 16.6. The zero-order chi connectivity index (χ0) is 20.5. The van der Waals surface area contributed by atoms with Crippen molar-refractivity contribution in [1.82, 2.24) is 0 Å². The zero-order valence-corrected chi connectivity index (χ0v) is 16.8. The molecule has 1 heterocycles. The van der Waals surface area contributed by atoms with Gasteiger partial charge in [0.05, 0.1) is 5.57 Å². The molecule has 1 fully saturated rings. The summed E-state index contributed by atoms with van der Waals surface area (Å²) >= 11 is 0. The number of fused-ring (bicyclic) bond motifs is 2. The second-order valence-electron chi connectivity index (χ2n) is 10.0. The highest BCUT2D eigenvalue weighted by molar-refractivity contribution is 6.15. The Bertz CT molecular complexity index is 924. The predicted octanol–water partition coefficient (Wildman–Crippen LogP) is 3.24. The lowest BCUT2D eigenvalue weighted by Crippen LogP contribution is -2.70. The monoisotopic (exact) mass is 382 g/mol. The van der Waals surface area contributed by atoms with E-state index in [1.165, 1.54) is 0 Å². The van der Waals surface area contributed by atoms with Crippen molar-refractivity contribution < 1.29 is 24.2 Å². The van der Waals surface area contributed by atoms with Gasteiger partial charge in [0.15, 0.2) is 17.2 Å². The molecular weight excluding hydrogens is 356 g/mol. The van der Waals surface area contributed by atoms with Gasteiger partial charge in [-0.3, -0.25) is 9.59 Å². The number of carbonyl (C=O) groups is 3. The quantitative estimate of drug-likeness (QED) is 0.754. The van der Waals surface area contributed by atoms with Gasteiger partial charge in [-0.15, -0.1) is 0 Å². The van der Waals surface area contributed by atoms with Gasteiger partial charge in [0, 0.05) is 19.3 Å². The largest absolute Gasteiger partial charge is 0.428 e. The first-order valence-corrected chi connectivity index (χ1v) is 9.73. The van der Waals surface area contributed by atoms with Crippen molar-refractivity contribution in [3.63, 3.8) is 0 Å². The van der Waals surface area contributed by atoms with Crippen molar-refractivity contribution in [3.05, 3.63) is 47.2 Å². The summed E-state index contributed by atoms with van der Waals surface area (Å²) in [5.74, 6) is -1.11. The van der Waals surface area contributed by atoms with Gasteiger partial charge in [-0.05, 0) is 22.8 Å². The van der Waals surface area contributed by atoms with Crippen molar-refractivity contribution >= 4 is 17.5 Å². The lowest BCUT2D eigenvalue weighted by atomic mass is 9.48. The molecule has 4 rings (SSSR count). The standard InChI is InChI=1S/C23H26O5/c1-20(2)10-15(24)18-16(11-20)28-19(26)22(27)13-21(3,4)12-17(25)23(18,22)14-8-6-5-7-9-14/h5-9,27H,10-13H2,1-4H3/t22-,23-/m0/s1. The number of carbonyl (C=O) groups excluding carboxylic acids is 3. The molecule has 0 radical (unpaired) electrons. The molecule has 1 aromatic carbocycles. The molecule has 0 saturated heterocycles. The summed E-state index contributed by atoms with van der Waals surface area (Å²) in [6.07, 6.45) is 0.837. The van der Waals surface area contributed by atoms with Gasteiger partial charge in [0.25, 0.3) is 0 Å². The zero-order valence-electron chi connectivity index (χ0n) is 16.8. The molecule has 0 amide bonds. The van der Waals surface area contributed by atoms with E-state index in [0.29, 0.717) is 12.0 Å². The van der Waals surface area contributed by atoms with Crippen molar-refractivity contribution in [2.24, 2.45) is 10.8 Å². The Hall–Kier alpha value is -2.27. The second kappa shape index (κ2) is 5.63. The summed E-state index contributed by atoms with van der Waals surface area (Å²) < 4.78 is 5.57. The molecule has 2 atom stereocenters. The molecule has 1 saturated carbocycles. The minimum Gasteiger partial charge on any atom is -0.428 e. The number of esters is 1. The minimum absolute atomic E-state index is 0.0485. The van der Waals surface area contributed by atoms with Crippen LogP contribution >= 0.6 is 0 Å². The Morgan fingerprint density at radius 1 is 0.893 bits per heavy atom. The average Bonchev–Trinajstić information content (AvgIpc) is 2.54. The smallest absolute Gasteiger partial charge is 0.345 e. The molecule has 1 aliphatic heterocycles. The number of hydrogen-bond acceptors (Lipinski definition) is 5. The highest BCUT2D eigenvalue weighted by Gasteiger charge is 2.72. The molecule has 0 bridgehead atoms. The van der Waals surface area contributed by atoms with Crippen LogP contribution in [-0.4, -0.2) is 28.2 Å². The average molecular weight is 382 g/mol. The van der Waals surface area contributed by atoms with Crippen LogP contribution in [0.2, 0.25) is 0 Å². The van der Waals surface area contributed by atoms with E-state index < -0.39 is 22.4 Å². The molecular formula is C23H26O5. The first-order valence-electron chi connectivity index (χ1n) is 9.73. The van der Waals surface area contributed by atoms with Crippen LogP contribution in [0.15, 0.2) is 41.7 Å². The Labute approximate surface area is 164 Å². The Morgan fingerprint density at radius 2 is 1.54 bits per heavy atom. The topological polar surface area (TPSA) is 80.7 Å². The second-order valence-corrected chi connectivity index (χ2v) is 10.0. The Kier molecular flexibility index (Phi) is 3.83. The van der Waals surface area contributed by atoms with E-state index in [1.807, 2.05) is 27.7 Å². The fourth-order valence-electron chi connectivity index (χ4n) is 5.46. The van der Waals surface area contributed by atoms with Gasteiger partial charge in [-0.1, -0.05) is 58.0 Å². The fourth-order valence-corrected chi connectivity index (χ4v) is 5.46. The number of ketones is 2. The molecule has 0 aromatic heterocycles. The fraction of sp³-hybridized carbons (Fsp3) is 0.522. The normalized spacial score (nSPS) is 33.8. The molecule has 1 aromatic rings. The third-order valence-electron chi connectivity index (χ3n) is 6.38. The molecule has 0 spiro atoms. The van der Waals surface area contributed by atoms with Gasteiger partial charge >= 0.3 is 5.97 Å². The van der Waals surface area contributed by atoms with Gasteiger partial charge in [0.2, 0.25) is 0 Å². The Morgan fingerprint density at radius 3 is 2.18 bits per heavy atom. The van der Waals surface area contributed by atoms with Gasteiger partial charge < -0.3 is 9.84 Å². The van der Waals surface area contributed by atoms with Crippen LogP contribution in [0.5, 0.6) is 0 Å². The molecule has 148 valence electrons. The minimum atomic E-state index is -2.11. The third-order valence-corrected chi connectivity index (χ3v) is 6.38. The van der Waals surface area contributed by atoms with Crippen LogP contribution in [0.3, 0.4) is 0 Å². The Balaban J connectivity index is 2.09. The van der Waals surface area contributed by atoms with Crippen molar-refractivity contribution in [2.45, 2.75) is 64.4 Å². The van der Waals surface area contributed by atoms with E-state index in [4.69, 9.17) is 4.74 Å². The van der Waals surface area contributed by atoms with Crippen LogP contribution in [0.1, 0.15) is 58.9 Å². The maximum absolute atomic E-state index is 13.7. The van der Waals surface area contributed by atoms with Gasteiger partial charge in [0.1, 0.15) is 11.2 Å². The number of Topliss-reactive ketones (excluding diaryl/α,β-unsaturated/α-hetero) is 2. The van der Waals surface area contributed by atoms with E-state index in [0.717, 1.165) is 0 Å². The maximum atomic E-state index is 13.7. The lowest BCUT2D eigenvalue weighted by Gasteiger charge is -2.56. The molecule has 5 nitrogen and oxygen atoms in total. The summed E-state index contributed by atoms with van der Waals surface area (Å²) in [7, 11) is 0. The summed E-state index contributed by atoms with van der Waals surface area (Å²) in [6.45, 7) is 7.57. The number of ether oxygens (including phenoxy) is 1. The van der Waals surface area contributed by atoms with E-state index in [-0.39, 0.29) is 47.6 Å². The molecule has 2 aliphatic carbocycles. The molecule has 28 heavy (non-hydrogen) atoms. The van der Waals surface area contributed by atoms with E-state index in [2.05, 4.69) is 0 Å². The van der Waals surface area contributed by atoms with Crippen LogP contribution in [0.25, 0.3) is 0 Å². The van der Waals surface area contributed by atoms with E-state index in [1.54, 1.807) is 30.3 Å². The third kappa shape index (κ3) is 2.38. The first kappa shape index (κ1) is 19.1. The van der Waals surface area contributed by atoms with Crippen LogP contribution in [-0.2, 0) is 24.5 Å². The van der Waals surface area contributed by atoms with Crippen molar-refractivity contribution in [1.29, 1.82) is 0 Å². The molecule has 3 aliphatic rings. The molecule has 1 N–H and O–H groups in total. The predicted molar refractivity (Wildman–Crippen MR) is 102 cm³/mol. The SMILES string of the molecule is CC1(C)CC(=O)C2=C(C1)OC(=O)[C@@]1(O)CC(C)(C)CC(=O)[C@@]21c1ccccc1. The van der Waals surface area contributed by atoms with Crippen LogP contribution in [0.4, 0.5) is 0 Å². The van der Waals surface area contributed by atoms with E-state index >= 15 is 0 Å². The molecule has 5 heteroatoms. The maximum Gasteiger partial charge on any atom is 0.345 e.